The van der Waals surface area contributed by atoms with E-state index >= 15 is 0 Å². The smallest absolute Gasteiger partial charge is 0.273 e. The van der Waals surface area contributed by atoms with Crippen LogP contribution in [0.25, 0.3) is 0 Å². The molecule has 0 spiro atoms. The van der Waals surface area contributed by atoms with Crippen LogP contribution in [0, 0.1) is 5.92 Å². The molecule has 0 bridgehead atoms. The van der Waals surface area contributed by atoms with Gasteiger partial charge in [-0.3, -0.25) is 9.78 Å². The Morgan fingerprint density at radius 2 is 2.04 bits per heavy atom. The average Bonchev–Trinajstić information content (AvgIpc) is 2.66. The SMILES string of the molecule is CC1CCCN(c2ccnc(C(=O)N(Cc3ccccc3)C(C)C)c2)C1. The van der Waals surface area contributed by atoms with Crippen molar-refractivity contribution in [1.29, 1.82) is 0 Å². The highest BCUT2D eigenvalue weighted by Gasteiger charge is 2.22. The van der Waals surface area contributed by atoms with Crippen molar-refractivity contribution in [3.63, 3.8) is 0 Å². The summed E-state index contributed by atoms with van der Waals surface area (Å²) in [6.07, 6.45) is 4.26. The van der Waals surface area contributed by atoms with Crippen LogP contribution in [0.3, 0.4) is 0 Å². The zero-order valence-electron chi connectivity index (χ0n) is 16.1. The summed E-state index contributed by atoms with van der Waals surface area (Å²) >= 11 is 0. The minimum atomic E-state index is -0.00393. The van der Waals surface area contributed by atoms with Gasteiger partial charge in [-0.1, -0.05) is 37.3 Å². The van der Waals surface area contributed by atoms with Gasteiger partial charge >= 0.3 is 0 Å². The number of hydrogen-bond acceptors (Lipinski definition) is 3. The molecule has 1 saturated heterocycles. The number of hydrogen-bond donors (Lipinski definition) is 0. The van der Waals surface area contributed by atoms with Crippen LogP contribution in [0.5, 0.6) is 0 Å². The lowest BCUT2D eigenvalue weighted by molar-refractivity contribution is 0.0684. The number of anilines is 1. The molecule has 1 aliphatic rings. The van der Waals surface area contributed by atoms with Gasteiger partial charge in [-0.25, -0.2) is 0 Å². The molecule has 3 rings (SSSR count). The van der Waals surface area contributed by atoms with Crippen LogP contribution in [-0.2, 0) is 6.54 Å². The molecule has 1 atom stereocenters. The first-order valence-corrected chi connectivity index (χ1v) is 9.60. The van der Waals surface area contributed by atoms with Crippen molar-refractivity contribution >= 4 is 11.6 Å². The van der Waals surface area contributed by atoms with Crippen molar-refractivity contribution < 1.29 is 4.79 Å². The standard InChI is InChI=1S/C22H29N3O/c1-17(2)25(16-19-9-5-4-6-10-19)22(26)21-14-20(11-12-23-21)24-13-7-8-18(3)15-24/h4-6,9-12,14,17-18H,7-8,13,15-16H2,1-3H3. The topological polar surface area (TPSA) is 36.4 Å². The molecule has 138 valence electrons. The van der Waals surface area contributed by atoms with Crippen LogP contribution in [-0.4, -0.2) is 34.9 Å². The zero-order valence-corrected chi connectivity index (χ0v) is 16.1. The van der Waals surface area contributed by atoms with Crippen molar-refractivity contribution in [3.8, 4) is 0 Å². The minimum Gasteiger partial charge on any atom is -0.371 e. The quantitative estimate of drug-likeness (QED) is 0.803. The number of rotatable bonds is 5. The molecule has 0 radical (unpaired) electrons. The van der Waals surface area contributed by atoms with Gasteiger partial charge in [0.2, 0.25) is 0 Å². The molecule has 1 aromatic carbocycles. The maximum absolute atomic E-state index is 13.1. The third-order valence-electron chi connectivity index (χ3n) is 5.06. The van der Waals surface area contributed by atoms with Crippen molar-refractivity contribution in [2.75, 3.05) is 18.0 Å². The third kappa shape index (κ3) is 4.43. The Kier molecular flexibility index (Phi) is 5.92. The fourth-order valence-electron chi connectivity index (χ4n) is 3.57. The Hall–Kier alpha value is -2.36. The van der Waals surface area contributed by atoms with Gasteiger partial charge in [0.25, 0.3) is 5.91 Å². The van der Waals surface area contributed by atoms with E-state index in [-0.39, 0.29) is 11.9 Å². The molecule has 4 nitrogen and oxygen atoms in total. The van der Waals surface area contributed by atoms with E-state index in [2.05, 4.69) is 42.8 Å². The van der Waals surface area contributed by atoms with Crippen LogP contribution in [0.1, 0.15) is 49.7 Å². The monoisotopic (exact) mass is 351 g/mol. The predicted molar refractivity (Wildman–Crippen MR) is 106 cm³/mol. The van der Waals surface area contributed by atoms with Gasteiger partial charge in [0.15, 0.2) is 0 Å². The Balaban J connectivity index is 1.79. The van der Waals surface area contributed by atoms with E-state index in [0.717, 1.165) is 24.3 Å². The lowest BCUT2D eigenvalue weighted by atomic mass is 10.00. The molecule has 0 N–H and O–H groups in total. The van der Waals surface area contributed by atoms with Gasteiger partial charge in [-0.2, -0.15) is 0 Å². The first kappa shape index (κ1) is 18.4. The molecule has 2 heterocycles. The molecule has 1 aliphatic heterocycles. The lowest BCUT2D eigenvalue weighted by Gasteiger charge is -2.33. The van der Waals surface area contributed by atoms with E-state index in [9.17, 15) is 4.79 Å². The summed E-state index contributed by atoms with van der Waals surface area (Å²) in [6, 6.07) is 14.2. The van der Waals surface area contributed by atoms with Crippen molar-refractivity contribution in [3.05, 3.63) is 59.9 Å². The highest BCUT2D eigenvalue weighted by atomic mass is 16.2. The van der Waals surface area contributed by atoms with E-state index in [1.165, 1.54) is 12.8 Å². The lowest BCUT2D eigenvalue weighted by Crippen LogP contribution is -2.37. The normalized spacial score (nSPS) is 17.4. The van der Waals surface area contributed by atoms with Crippen molar-refractivity contribution in [1.82, 2.24) is 9.88 Å². The highest BCUT2D eigenvalue weighted by molar-refractivity contribution is 5.93. The summed E-state index contributed by atoms with van der Waals surface area (Å²) in [6.45, 7) is 9.10. The Bertz CT molecular complexity index is 729. The maximum atomic E-state index is 13.1. The minimum absolute atomic E-state index is 0.00393. The number of carbonyl (C=O) groups is 1. The Labute approximate surface area is 156 Å². The van der Waals surface area contributed by atoms with E-state index in [4.69, 9.17) is 0 Å². The molecule has 2 aromatic rings. The predicted octanol–water partition coefficient (Wildman–Crippen LogP) is 4.37. The number of carbonyl (C=O) groups excluding carboxylic acids is 1. The van der Waals surface area contributed by atoms with Crippen LogP contribution in [0.2, 0.25) is 0 Å². The van der Waals surface area contributed by atoms with Crippen LogP contribution in [0.4, 0.5) is 5.69 Å². The Morgan fingerprint density at radius 1 is 1.27 bits per heavy atom. The molecule has 0 aliphatic carbocycles. The van der Waals surface area contributed by atoms with Crippen molar-refractivity contribution in [2.45, 2.75) is 46.2 Å². The summed E-state index contributed by atoms with van der Waals surface area (Å²) in [5, 5.41) is 0. The second-order valence-electron chi connectivity index (χ2n) is 7.61. The maximum Gasteiger partial charge on any atom is 0.273 e. The number of amides is 1. The van der Waals surface area contributed by atoms with E-state index in [1.54, 1.807) is 6.20 Å². The molecule has 4 heteroatoms. The molecule has 1 fully saturated rings. The van der Waals surface area contributed by atoms with Gasteiger partial charge in [0.05, 0.1) is 0 Å². The van der Waals surface area contributed by atoms with Crippen LogP contribution in [0.15, 0.2) is 48.7 Å². The second kappa shape index (κ2) is 8.35. The highest BCUT2D eigenvalue weighted by Crippen LogP contribution is 2.24. The number of pyridine rings is 1. The summed E-state index contributed by atoms with van der Waals surface area (Å²) < 4.78 is 0. The van der Waals surface area contributed by atoms with Crippen LogP contribution >= 0.6 is 0 Å². The molecule has 1 aromatic heterocycles. The molecular weight excluding hydrogens is 322 g/mol. The molecule has 1 unspecified atom stereocenters. The fourth-order valence-corrected chi connectivity index (χ4v) is 3.57. The summed E-state index contributed by atoms with van der Waals surface area (Å²) in [5.74, 6) is 0.692. The first-order valence-electron chi connectivity index (χ1n) is 9.60. The van der Waals surface area contributed by atoms with Gasteiger partial charge in [0.1, 0.15) is 5.69 Å². The molecule has 1 amide bonds. The average molecular weight is 351 g/mol. The van der Waals surface area contributed by atoms with Gasteiger partial charge in [-0.05, 0) is 50.3 Å². The van der Waals surface area contributed by atoms with Gasteiger partial charge in [-0.15, -0.1) is 0 Å². The molecular formula is C22H29N3O. The van der Waals surface area contributed by atoms with E-state index in [0.29, 0.717) is 18.2 Å². The largest absolute Gasteiger partial charge is 0.371 e. The number of benzene rings is 1. The molecule has 0 saturated carbocycles. The van der Waals surface area contributed by atoms with E-state index in [1.807, 2.05) is 35.2 Å². The fraction of sp³-hybridized carbons (Fsp3) is 0.455. The van der Waals surface area contributed by atoms with Crippen molar-refractivity contribution in [2.24, 2.45) is 5.92 Å². The summed E-state index contributed by atoms with van der Waals surface area (Å²) in [4.78, 5) is 21.8. The van der Waals surface area contributed by atoms with Gasteiger partial charge in [0, 0.05) is 37.6 Å². The number of piperidine rings is 1. The number of nitrogens with zero attached hydrogens (tertiary/aromatic N) is 3. The third-order valence-corrected chi connectivity index (χ3v) is 5.06. The zero-order chi connectivity index (χ0) is 18.5. The molecule has 26 heavy (non-hydrogen) atoms. The Morgan fingerprint density at radius 3 is 2.73 bits per heavy atom. The second-order valence-corrected chi connectivity index (χ2v) is 7.61. The first-order chi connectivity index (χ1) is 12.5. The van der Waals surface area contributed by atoms with E-state index < -0.39 is 0 Å². The summed E-state index contributed by atoms with van der Waals surface area (Å²) in [5.41, 5.74) is 2.78. The van der Waals surface area contributed by atoms with Crippen LogP contribution < -0.4 is 4.90 Å². The number of aromatic nitrogens is 1. The summed E-state index contributed by atoms with van der Waals surface area (Å²) in [7, 11) is 0. The van der Waals surface area contributed by atoms with Gasteiger partial charge < -0.3 is 9.80 Å².